The Morgan fingerprint density at radius 1 is 1.64 bits per heavy atom. The molecule has 0 aliphatic rings. The Hall–Kier alpha value is -0.640. The van der Waals surface area contributed by atoms with Gasteiger partial charge in [-0.05, 0) is 6.92 Å². The highest BCUT2D eigenvalue weighted by Crippen LogP contribution is 1.95. The average molecular weight is 164 g/mol. The normalized spacial score (nSPS) is 12.6. The van der Waals surface area contributed by atoms with Gasteiger partial charge in [0.2, 0.25) is 0 Å². The second kappa shape index (κ2) is 6.09. The fourth-order valence-corrected chi connectivity index (χ4v) is 0.629. The van der Waals surface area contributed by atoms with Crippen LogP contribution in [0.4, 0.5) is 4.39 Å². The Morgan fingerprint density at radius 2 is 2.27 bits per heavy atom. The van der Waals surface area contributed by atoms with Gasteiger partial charge in [-0.2, -0.15) is 0 Å². The van der Waals surface area contributed by atoms with Crippen molar-refractivity contribution in [3.8, 4) is 0 Å². The Labute approximate surface area is 65.5 Å². The van der Waals surface area contributed by atoms with Crippen molar-refractivity contribution < 1.29 is 18.7 Å². The molecular formula is C7H13FO3. The second-order valence-electron chi connectivity index (χ2n) is 2.19. The highest BCUT2D eigenvalue weighted by molar-refractivity contribution is 5.69. The van der Waals surface area contributed by atoms with Crippen molar-refractivity contribution >= 4 is 5.97 Å². The monoisotopic (exact) mass is 164 g/mol. The molecule has 1 atom stereocenters. The SMILES string of the molecule is COCC(C)OC(=O)CCF. The third kappa shape index (κ3) is 5.79. The number of carbonyl (C=O) groups is 1. The molecule has 0 aliphatic heterocycles. The van der Waals surface area contributed by atoms with Crippen molar-refractivity contribution in [1.29, 1.82) is 0 Å². The van der Waals surface area contributed by atoms with Crippen LogP contribution in [0, 0.1) is 0 Å². The number of esters is 1. The summed E-state index contributed by atoms with van der Waals surface area (Å²) >= 11 is 0. The summed E-state index contributed by atoms with van der Waals surface area (Å²) in [7, 11) is 1.51. The number of halogens is 1. The number of methoxy groups -OCH3 is 1. The zero-order valence-electron chi connectivity index (χ0n) is 6.80. The molecule has 0 spiro atoms. The summed E-state index contributed by atoms with van der Waals surface area (Å²) in [5, 5.41) is 0. The molecule has 0 N–H and O–H groups in total. The summed E-state index contributed by atoms with van der Waals surface area (Å²) in [4.78, 5) is 10.6. The molecule has 0 rings (SSSR count). The van der Waals surface area contributed by atoms with E-state index in [1.165, 1.54) is 7.11 Å². The van der Waals surface area contributed by atoms with Gasteiger partial charge in [-0.25, -0.2) is 0 Å². The van der Waals surface area contributed by atoms with E-state index in [0.717, 1.165) is 0 Å². The van der Waals surface area contributed by atoms with Gasteiger partial charge in [-0.3, -0.25) is 9.18 Å². The highest BCUT2D eigenvalue weighted by atomic mass is 19.1. The topological polar surface area (TPSA) is 35.5 Å². The van der Waals surface area contributed by atoms with Gasteiger partial charge in [-0.1, -0.05) is 0 Å². The third-order valence-corrected chi connectivity index (χ3v) is 1.03. The molecule has 0 saturated carbocycles. The maximum absolute atomic E-state index is 11.5. The number of ether oxygens (including phenoxy) is 2. The van der Waals surface area contributed by atoms with Gasteiger partial charge in [0.15, 0.2) is 0 Å². The van der Waals surface area contributed by atoms with Gasteiger partial charge < -0.3 is 9.47 Å². The zero-order chi connectivity index (χ0) is 8.69. The lowest BCUT2D eigenvalue weighted by atomic mass is 10.4. The zero-order valence-corrected chi connectivity index (χ0v) is 6.80. The third-order valence-electron chi connectivity index (χ3n) is 1.03. The fourth-order valence-electron chi connectivity index (χ4n) is 0.629. The summed E-state index contributed by atoms with van der Waals surface area (Å²) in [6, 6.07) is 0. The van der Waals surface area contributed by atoms with E-state index in [4.69, 9.17) is 9.47 Å². The molecule has 0 aromatic heterocycles. The summed E-state index contributed by atoms with van der Waals surface area (Å²) in [5.74, 6) is -0.517. The Bertz CT molecular complexity index is 116. The van der Waals surface area contributed by atoms with Crippen LogP contribution >= 0.6 is 0 Å². The van der Waals surface area contributed by atoms with Crippen molar-refractivity contribution in [2.24, 2.45) is 0 Å². The molecule has 0 bridgehead atoms. The predicted molar refractivity (Wildman–Crippen MR) is 38.0 cm³/mol. The van der Waals surface area contributed by atoms with Crippen LogP contribution in [0.3, 0.4) is 0 Å². The van der Waals surface area contributed by atoms with E-state index in [-0.39, 0.29) is 12.5 Å². The smallest absolute Gasteiger partial charge is 0.308 e. The minimum atomic E-state index is -0.668. The van der Waals surface area contributed by atoms with E-state index in [1.807, 2.05) is 0 Å². The first kappa shape index (κ1) is 10.4. The molecule has 0 aromatic carbocycles. The number of hydrogen-bond acceptors (Lipinski definition) is 3. The lowest BCUT2D eigenvalue weighted by molar-refractivity contribution is -0.150. The van der Waals surface area contributed by atoms with E-state index < -0.39 is 12.6 Å². The van der Waals surface area contributed by atoms with Gasteiger partial charge in [-0.15, -0.1) is 0 Å². The number of carbonyl (C=O) groups excluding carboxylic acids is 1. The van der Waals surface area contributed by atoms with Crippen LogP contribution in [0.25, 0.3) is 0 Å². The molecule has 0 aliphatic carbocycles. The minimum absolute atomic E-state index is 0.173. The number of alkyl halides is 1. The molecule has 3 nitrogen and oxygen atoms in total. The summed E-state index contributed by atoms with van der Waals surface area (Å²) in [6.45, 7) is 1.37. The first-order valence-corrected chi connectivity index (χ1v) is 3.45. The van der Waals surface area contributed by atoms with Gasteiger partial charge in [0.25, 0.3) is 0 Å². The van der Waals surface area contributed by atoms with Crippen LogP contribution in [-0.2, 0) is 14.3 Å². The molecule has 0 heterocycles. The lowest BCUT2D eigenvalue weighted by Crippen LogP contribution is -2.19. The minimum Gasteiger partial charge on any atom is -0.460 e. The van der Waals surface area contributed by atoms with Crippen molar-refractivity contribution in [2.75, 3.05) is 20.4 Å². The first-order chi connectivity index (χ1) is 5.20. The molecule has 1 unspecified atom stereocenters. The molecule has 4 heteroatoms. The summed E-state index contributed by atoms with van der Waals surface area (Å²) in [6.07, 6.45) is -0.465. The van der Waals surface area contributed by atoms with E-state index in [2.05, 4.69) is 0 Å². The molecule has 66 valence electrons. The van der Waals surface area contributed by atoms with Crippen LogP contribution in [0.5, 0.6) is 0 Å². The van der Waals surface area contributed by atoms with Crippen molar-refractivity contribution in [2.45, 2.75) is 19.4 Å². The quantitative estimate of drug-likeness (QED) is 0.567. The first-order valence-electron chi connectivity index (χ1n) is 3.45. The van der Waals surface area contributed by atoms with Crippen molar-refractivity contribution in [3.63, 3.8) is 0 Å². The summed E-state index contributed by atoms with van der Waals surface area (Å²) < 4.78 is 21.0. The van der Waals surface area contributed by atoms with Crippen LogP contribution in [0.2, 0.25) is 0 Å². The van der Waals surface area contributed by atoms with Crippen molar-refractivity contribution in [1.82, 2.24) is 0 Å². The largest absolute Gasteiger partial charge is 0.460 e. The van der Waals surface area contributed by atoms with Crippen LogP contribution in [0.1, 0.15) is 13.3 Å². The maximum atomic E-state index is 11.5. The van der Waals surface area contributed by atoms with Crippen LogP contribution in [0.15, 0.2) is 0 Å². The number of rotatable bonds is 5. The number of hydrogen-bond donors (Lipinski definition) is 0. The average Bonchev–Trinajstić information content (AvgIpc) is 1.87. The Kier molecular flexibility index (Phi) is 5.74. The van der Waals surface area contributed by atoms with E-state index in [9.17, 15) is 9.18 Å². The molecule has 0 aromatic rings. The maximum Gasteiger partial charge on any atom is 0.308 e. The second-order valence-corrected chi connectivity index (χ2v) is 2.19. The van der Waals surface area contributed by atoms with E-state index in [0.29, 0.717) is 6.61 Å². The van der Waals surface area contributed by atoms with Gasteiger partial charge in [0, 0.05) is 7.11 Å². The molecular weight excluding hydrogens is 151 g/mol. The molecule has 0 fully saturated rings. The van der Waals surface area contributed by atoms with Gasteiger partial charge >= 0.3 is 5.97 Å². The molecule has 11 heavy (non-hydrogen) atoms. The van der Waals surface area contributed by atoms with E-state index in [1.54, 1.807) is 6.92 Å². The highest BCUT2D eigenvalue weighted by Gasteiger charge is 2.07. The lowest BCUT2D eigenvalue weighted by Gasteiger charge is -2.10. The Balaban J connectivity index is 3.40. The Morgan fingerprint density at radius 3 is 2.73 bits per heavy atom. The fraction of sp³-hybridized carbons (Fsp3) is 0.857. The van der Waals surface area contributed by atoms with Crippen molar-refractivity contribution in [3.05, 3.63) is 0 Å². The molecule has 0 saturated heterocycles. The predicted octanol–water partition coefficient (Wildman–Crippen LogP) is 0.924. The standard InChI is InChI=1S/C7H13FO3/c1-6(5-10-2)11-7(9)3-4-8/h6H,3-5H2,1-2H3. The van der Waals surface area contributed by atoms with Crippen LogP contribution in [-0.4, -0.2) is 32.5 Å². The van der Waals surface area contributed by atoms with Crippen LogP contribution < -0.4 is 0 Å². The van der Waals surface area contributed by atoms with Gasteiger partial charge in [0.1, 0.15) is 6.10 Å². The van der Waals surface area contributed by atoms with Gasteiger partial charge in [0.05, 0.1) is 19.7 Å². The summed E-state index contributed by atoms with van der Waals surface area (Å²) in [5.41, 5.74) is 0. The molecule has 0 radical (unpaired) electrons. The van der Waals surface area contributed by atoms with E-state index >= 15 is 0 Å². The molecule has 0 amide bonds.